The van der Waals surface area contributed by atoms with E-state index in [1.807, 2.05) is 27.1 Å². The molecule has 0 aliphatic rings. The molecule has 2 rings (SSSR count). The van der Waals surface area contributed by atoms with E-state index in [-0.39, 0.29) is 0 Å². The smallest absolute Gasteiger partial charge is 0.138 e. The van der Waals surface area contributed by atoms with Crippen molar-refractivity contribution >= 4 is 17.3 Å². The first kappa shape index (κ1) is 13.3. The molecule has 0 amide bonds. The minimum absolute atomic E-state index is 0.763. The lowest BCUT2D eigenvalue weighted by atomic mass is 10.1. The number of aromatic nitrogens is 2. The lowest BCUT2D eigenvalue weighted by molar-refractivity contribution is 1.01. The van der Waals surface area contributed by atoms with Crippen molar-refractivity contribution in [2.75, 3.05) is 24.3 Å². The first-order valence-corrected chi connectivity index (χ1v) is 6.50. The zero-order valence-corrected chi connectivity index (χ0v) is 11.9. The summed E-state index contributed by atoms with van der Waals surface area (Å²) in [6.45, 7) is 4.06. The molecule has 0 unspecified atom stereocenters. The third-order valence-electron chi connectivity index (χ3n) is 3.16. The minimum atomic E-state index is 0.763. The molecule has 0 bridgehead atoms. The van der Waals surface area contributed by atoms with E-state index in [1.54, 1.807) is 0 Å². The van der Waals surface area contributed by atoms with Crippen LogP contribution in [0.15, 0.2) is 30.3 Å². The number of benzene rings is 1. The van der Waals surface area contributed by atoms with E-state index in [0.717, 1.165) is 29.6 Å². The molecule has 1 aromatic heterocycles. The van der Waals surface area contributed by atoms with Gasteiger partial charge in [0.2, 0.25) is 0 Å². The van der Waals surface area contributed by atoms with Crippen LogP contribution in [-0.2, 0) is 6.42 Å². The van der Waals surface area contributed by atoms with E-state index in [1.165, 1.54) is 5.56 Å². The van der Waals surface area contributed by atoms with E-state index in [9.17, 15) is 0 Å². The summed E-state index contributed by atoms with van der Waals surface area (Å²) in [6.07, 6.45) is 1.06. The molecule has 0 aliphatic carbocycles. The largest absolute Gasteiger partial charge is 0.373 e. The second-order valence-corrected chi connectivity index (χ2v) is 4.49. The van der Waals surface area contributed by atoms with Gasteiger partial charge in [0, 0.05) is 25.8 Å². The molecule has 0 atom stereocenters. The van der Waals surface area contributed by atoms with Crippen molar-refractivity contribution in [3.8, 4) is 0 Å². The van der Waals surface area contributed by atoms with Crippen LogP contribution in [0.3, 0.4) is 0 Å². The van der Waals surface area contributed by atoms with E-state index < -0.39 is 0 Å². The summed E-state index contributed by atoms with van der Waals surface area (Å²) in [5.41, 5.74) is 2.46. The van der Waals surface area contributed by atoms with Crippen molar-refractivity contribution in [2.24, 2.45) is 0 Å². The van der Waals surface area contributed by atoms with Gasteiger partial charge in [0.25, 0.3) is 0 Å². The standard InChI is InChI=1S/C15H20N4/c1-5-12-6-8-13(9-7-12)19(4)15-10-14(16-3)17-11(2)18-15/h6-10H,5H2,1-4H3,(H,16,17,18). The van der Waals surface area contributed by atoms with Crippen LogP contribution in [0.1, 0.15) is 18.3 Å². The molecule has 0 saturated carbocycles. The van der Waals surface area contributed by atoms with Gasteiger partial charge in [-0.2, -0.15) is 0 Å². The topological polar surface area (TPSA) is 41.0 Å². The average molecular weight is 256 g/mol. The Bertz CT molecular complexity index is 549. The number of aryl methyl sites for hydroxylation is 2. The fraction of sp³-hybridized carbons (Fsp3) is 0.333. The number of nitrogens with one attached hydrogen (secondary N) is 1. The third kappa shape index (κ3) is 3.02. The molecule has 2 aromatic rings. The number of hydrogen-bond donors (Lipinski definition) is 1. The molecular formula is C15H20N4. The Morgan fingerprint density at radius 3 is 2.42 bits per heavy atom. The summed E-state index contributed by atoms with van der Waals surface area (Å²) >= 11 is 0. The van der Waals surface area contributed by atoms with Gasteiger partial charge in [-0.3, -0.25) is 0 Å². The van der Waals surface area contributed by atoms with Crippen LogP contribution < -0.4 is 10.2 Å². The first-order chi connectivity index (χ1) is 9.13. The van der Waals surface area contributed by atoms with Gasteiger partial charge in [-0.1, -0.05) is 19.1 Å². The van der Waals surface area contributed by atoms with Gasteiger partial charge in [0.15, 0.2) is 0 Å². The Morgan fingerprint density at radius 1 is 1.16 bits per heavy atom. The highest BCUT2D eigenvalue weighted by molar-refractivity contribution is 5.62. The van der Waals surface area contributed by atoms with E-state index >= 15 is 0 Å². The summed E-state index contributed by atoms with van der Waals surface area (Å²) in [7, 11) is 3.88. The van der Waals surface area contributed by atoms with Gasteiger partial charge in [-0.25, -0.2) is 9.97 Å². The summed E-state index contributed by atoms with van der Waals surface area (Å²) in [6, 6.07) is 10.5. The monoisotopic (exact) mass is 256 g/mol. The van der Waals surface area contributed by atoms with Crippen molar-refractivity contribution in [1.29, 1.82) is 0 Å². The van der Waals surface area contributed by atoms with Crippen LogP contribution in [0, 0.1) is 6.92 Å². The fourth-order valence-corrected chi connectivity index (χ4v) is 1.94. The molecule has 19 heavy (non-hydrogen) atoms. The molecule has 100 valence electrons. The maximum absolute atomic E-state index is 4.48. The first-order valence-electron chi connectivity index (χ1n) is 6.50. The van der Waals surface area contributed by atoms with Crippen molar-refractivity contribution in [3.63, 3.8) is 0 Å². The SMILES string of the molecule is CCc1ccc(N(C)c2cc(NC)nc(C)n2)cc1. The Hall–Kier alpha value is -2.10. The quantitative estimate of drug-likeness (QED) is 0.912. The van der Waals surface area contributed by atoms with Crippen LogP contribution in [0.5, 0.6) is 0 Å². The predicted octanol–water partition coefficient (Wildman–Crippen LogP) is 3.16. The van der Waals surface area contributed by atoms with Gasteiger partial charge in [0.1, 0.15) is 17.5 Å². The van der Waals surface area contributed by atoms with Crippen LogP contribution in [0.4, 0.5) is 17.3 Å². The van der Waals surface area contributed by atoms with Gasteiger partial charge >= 0.3 is 0 Å². The van der Waals surface area contributed by atoms with Gasteiger partial charge < -0.3 is 10.2 Å². The summed E-state index contributed by atoms with van der Waals surface area (Å²) < 4.78 is 0. The molecular weight excluding hydrogens is 236 g/mol. The Morgan fingerprint density at radius 2 is 1.84 bits per heavy atom. The Balaban J connectivity index is 2.31. The molecule has 4 heteroatoms. The average Bonchev–Trinajstić information content (AvgIpc) is 2.46. The highest BCUT2D eigenvalue weighted by Gasteiger charge is 2.08. The van der Waals surface area contributed by atoms with Crippen molar-refractivity contribution in [3.05, 3.63) is 41.7 Å². The second kappa shape index (κ2) is 5.69. The van der Waals surface area contributed by atoms with Gasteiger partial charge in [0.05, 0.1) is 0 Å². The number of rotatable bonds is 4. The van der Waals surface area contributed by atoms with Crippen molar-refractivity contribution in [2.45, 2.75) is 20.3 Å². The summed E-state index contributed by atoms with van der Waals surface area (Å²) in [4.78, 5) is 10.8. The van der Waals surface area contributed by atoms with E-state index in [4.69, 9.17) is 0 Å². The molecule has 4 nitrogen and oxygen atoms in total. The zero-order chi connectivity index (χ0) is 13.8. The Labute approximate surface area is 114 Å². The molecule has 1 heterocycles. The summed E-state index contributed by atoms with van der Waals surface area (Å²) in [5, 5.41) is 3.05. The van der Waals surface area contributed by atoms with Crippen molar-refractivity contribution in [1.82, 2.24) is 9.97 Å². The number of hydrogen-bond acceptors (Lipinski definition) is 4. The fourth-order valence-electron chi connectivity index (χ4n) is 1.94. The molecule has 1 N–H and O–H groups in total. The maximum atomic E-state index is 4.48. The van der Waals surface area contributed by atoms with E-state index in [2.05, 4.69) is 51.4 Å². The van der Waals surface area contributed by atoms with Crippen LogP contribution in [0.25, 0.3) is 0 Å². The van der Waals surface area contributed by atoms with Gasteiger partial charge in [-0.15, -0.1) is 0 Å². The van der Waals surface area contributed by atoms with Crippen molar-refractivity contribution < 1.29 is 0 Å². The molecule has 0 aliphatic heterocycles. The third-order valence-corrected chi connectivity index (χ3v) is 3.16. The van der Waals surface area contributed by atoms with Crippen LogP contribution in [0.2, 0.25) is 0 Å². The number of anilines is 3. The molecule has 1 aromatic carbocycles. The zero-order valence-electron chi connectivity index (χ0n) is 11.9. The molecule has 0 fully saturated rings. The number of nitrogens with zero attached hydrogens (tertiary/aromatic N) is 3. The molecule has 0 radical (unpaired) electrons. The minimum Gasteiger partial charge on any atom is -0.373 e. The maximum Gasteiger partial charge on any atom is 0.138 e. The highest BCUT2D eigenvalue weighted by atomic mass is 15.2. The summed E-state index contributed by atoms with van der Waals surface area (Å²) in [5.74, 6) is 2.49. The van der Waals surface area contributed by atoms with E-state index in [0.29, 0.717) is 0 Å². The van der Waals surface area contributed by atoms with Gasteiger partial charge in [-0.05, 0) is 31.0 Å². The predicted molar refractivity (Wildman–Crippen MR) is 80.2 cm³/mol. The normalized spacial score (nSPS) is 10.3. The molecule has 0 saturated heterocycles. The van der Waals surface area contributed by atoms with Crippen LogP contribution in [-0.4, -0.2) is 24.1 Å². The lowest BCUT2D eigenvalue weighted by Gasteiger charge is -2.19. The Kier molecular flexibility index (Phi) is 4.00. The lowest BCUT2D eigenvalue weighted by Crippen LogP contribution is -2.13. The molecule has 0 spiro atoms. The second-order valence-electron chi connectivity index (χ2n) is 4.49. The highest BCUT2D eigenvalue weighted by Crippen LogP contribution is 2.23. The van der Waals surface area contributed by atoms with Crippen LogP contribution >= 0.6 is 0 Å².